The van der Waals surface area contributed by atoms with E-state index in [0.717, 1.165) is 42.5 Å². The van der Waals surface area contributed by atoms with Crippen molar-refractivity contribution in [1.82, 2.24) is 4.98 Å². The summed E-state index contributed by atoms with van der Waals surface area (Å²) in [6.07, 6.45) is 6.59. The maximum atomic E-state index is 6.04. The van der Waals surface area contributed by atoms with Crippen molar-refractivity contribution in [2.75, 3.05) is 0 Å². The summed E-state index contributed by atoms with van der Waals surface area (Å²) in [5.41, 5.74) is 6.80. The molecule has 0 aliphatic heterocycles. The Labute approximate surface area is 116 Å². The van der Waals surface area contributed by atoms with Crippen LogP contribution in [-0.4, -0.2) is 17.1 Å². The van der Waals surface area contributed by atoms with Crippen molar-refractivity contribution in [2.45, 2.75) is 58.6 Å². The van der Waals surface area contributed by atoms with Crippen molar-refractivity contribution in [2.24, 2.45) is 17.6 Å². The summed E-state index contributed by atoms with van der Waals surface area (Å²) in [7, 11) is 0. The Bertz CT molecular complexity index is 388. The molecule has 1 aromatic heterocycles. The van der Waals surface area contributed by atoms with E-state index in [1.54, 1.807) is 0 Å². The highest BCUT2D eigenvalue weighted by Gasteiger charge is 2.25. The SMILES string of the molecule is CC(N)Cc1ccc(OC2CCC(C)C(C)C2)cn1. The summed E-state index contributed by atoms with van der Waals surface area (Å²) >= 11 is 0. The van der Waals surface area contributed by atoms with Crippen LogP contribution in [-0.2, 0) is 6.42 Å². The Kier molecular flexibility index (Phi) is 4.81. The average Bonchev–Trinajstić information content (AvgIpc) is 2.36. The van der Waals surface area contributed by atoms with Crippen LogP contribution < -0.4 is 10.5 Å². The summed E-state index contributed by atoms with van der Waals surface area (Å²) in [5, 5.41) is 0. The van der Waals surface area contributed by atoms with E-state index in [9.17, 15) is 0 Å². The maximum Gasteiger partial charge on any atom is 0.138 e. The van der Waals surface area contributed by atoms with E-state index in [2.05, 4.69) is 18.8 Å². The number of aromatic nitrogens is 1. The van der Waals surface area contributed by atoms with Crippen LogP contribution in [0.5, 0.6) is 5.75 Å². The quantitative estimate of drug-likeness (QED) is 0.906. The van der Waals surface area contributed by atoms with Gasteiger partial charge in [0.05, 0.1) is 12.3 Å². The van der Waals surface area contributed by atoms with Gasteiger partial charge in [0, 0.05) is 18.2 Å². The molecule has 1 saturated carbocycles. The zero-order chi connectivity index (χ0) is 13.8. The van der Waals surface area contributed by atoms with Gasteiger partial charge in [-0.15, -0.1) is 0 Å². The Morgan fingerprint density at radius 1 is 1.32 bits per heavy atom. The van der Waals surface area contributed by atoms with Crippen molar-refractivity contribution in [3.05, 3.63) is 24.0 Å². The zero-order valence-electron chi connectivity index (χ0n) is 12.3. The minimum absolute atomic E-state index is 0.153. The first-order chi connectivity index (χ1) is 9.04. The molecule has 3 heteroatoms. The summed E-state index contributed by atoms with van der Waals surface area (Å²) < 4.78 is 6.04. The molecule has 1 aromatic rings. The number of nitrogens with two attached hydrogens (primary N) is 1. The minimum Gasteiger partial charge on any atom is -0.489 e. The van der Waals surface area contributed by atoms with Crippen molar-refractivity contribution >= 4 is 0 Å². The van der Waals surface area contributed by atoms with Crippen molar-refractivity contribution in [3.63, 3.8) is 0 Å². The van der Waals surface area contributed by atoms with E-state index >= 15 is 0 Å². The summed E-state index contributed by atoms with van der Waals surface area (Å²) in [6.45, 7) is 6.66. The van der Waals surface area contributed by atoms with Crippen LogP contribution in [0.25, 0.3) is 0 Å². The van der Waals surface area contributed by atoms with Gasteiger partial charge in [-0.05, 0) is 50.2 Å². The lowest BCUT2D eigenvalue weighted by molar-refractivity contribution is 0.100. The van der Waals surface area contributed by atoms with Gasteiger partial charge in [-0.3, -0.25) is 4.98 Å². The predicted octanol–water partition coefficient (Wildman–Crippen LogP) is 3.17. The number of nitrogens with zero attached hydrogens (tertiary/aromatic N) is 1. The molecule has 1 heterocycles. The molecule has 106 valence electrons. The van der Waals surface area contributed by atoms with E-state index in [0.29, 0.717) is 6.10 Å². The van der Waals surface area contributed by atoms with Crippen LogP contribution in [0, 0.1) is 11.8 Å². The van der Waals surface area contributed by atoms with Gasteiger partial charge in [-0.25, -0.2) is 0 Å². The fourth-order valence-electron chi connectivity index (χ4n) is 2.73. The third kappa shape index (κ3) is 4.20. The van der Waals surface area contributed by atoms with Crippen LogP contribution in [0.2, 0.25) is 0 Å². The van der Waals surface area contributed by atoms with Crippen LogP contribution >= 0.6 is 0 Å². The molecule has 1 fully saturated rings. The molecule has 1 aliphatic carbocycles. The number of pyridine rings is 1. The second kappa shape index (κ2) is 6.38. The fourth-order valence-corrected chi connectivity index (χ4v) is 2.73. The standard InChI is InChI=1S/C16H26N2O/c1-11-4-6-15(8-12(11)2)19-16-7-5-14(18-10-16)9-13(3)17/h5,7,10-13,15H,4,6,8-9,17H2,1-3H3. The zero-order valence-corrected chi connectivity index (χ0v) is 12.3. The first-order valence-electron chi connectivity index (χ1n) is 7.41. The van der Waals surface area contributed by atoms with Gasteiger partial charge in [0.2, 0.25) is 0 Å². The van der Waals surface area contributed by atoms with Gasteiger partial charge in [0.15, 0.2) is 0 Å². The van der Waals surface area contributed by atoms with E-state index < -0.39 is 0 Å². The summed E-state index contributed by atoms with van der Waals surface area (Å²) in [4.78, 5) is 4.41. The van der Waals surface area contributed by atoms with Crippen LogP contribution in [0.4, 0.5) is 0 Å². The van der Waals surface area contributed by atoms with Gasteiger partial charge >= 0.3 is 0 Å². The number of ether oxygens (including phenoxy) is 1. The minimum atomic E-state index is 0.153. The van der Waals surface area contributed by atoms with Gasteiger partial charge in [0.25, 0.3) is 0 Å². The Hall–Kier alpha value is -1.09. The molecule has 3 nitrogen and oxygen atoms in total. The number of rotatable bonds is 4. The highest BCUT2D eigenvalue weighted by Crippen LogP contribution is 2.31. The van der Waals surface area contributed by atoms with Crippen molar-refractivity contribution in [1.29, 1.82) is 0 Å². The molecule has 0 bridgehead atoms. The Morgan fingerprint density at radius 2 is 2.11 bits per heavy atom. The Balaban J connectivity index is 1.89. The van der Waals surface area contributed by atoms with Crippen molar-refractivity contribution in [3.8, 4) is 5.75 Å². The predicted molar refractivity (Wildman–Crippen MR) is 78.2 cm³/mol. The molecule has 0 aromatic carbocycles. The molecule has 2 rings (SSSR count). The lowest BCUT2D eigenvalue weighted by Gasteiger charge is -2.32. The molecule has 0 amide bonds. The van der Waals surface area contributed by atoms with E-state index in [-0.39, 0.29) is 6.04 Å². The highest BCUT2D eigenvalue weighted by molar-refractivity contribution is 5.20. The smallest absolute Gasteiger partial charge is 0.138 e. The molecular weight excluding hydrogens is 236 g/mol. The molecular formula is C16H26N2O. The molecule has 0 radical (unpaired) electrons. The summed E-state index contributed by atoms with van der Waals surface area (Å²) in [5.74, 6) is 2.47. The van der Waals surface area contributed by atoms with Gasteiger partial charge < -0.3 is 10.5 Å². The molecule has 2 N–H and O–H groups in total. The average molecular weight is 262 g/mol. The lowest BCUT2D eigenvalue weighted by Crippen LogP contribution is -2.28. The second-order valence-electron chi connectivity index (χ2n) is 6.17. The maximum absolute atomic E-state index is 6.04. The molecule has 0 spiro atoms. The topological polar surface area (TPSA) is 48.1 Å². The van der Waals surface area contributed by atoms with E-state index in [1.807, 2.05) is 25.3 Å². The van der Waals surface area contributed by atoms with Crippen molar-refractivity contribution < 1.29 is 4.74 Å². The Morgan fingerprint density at radius 3 is 2.68 bits per heavy atom. The third-order valence-corrected chi connectivity index (χ3v) is 4.18. The van der Waals surface area contributed by atoms with Gasteiger partial charge in [0.1, 0.15) is 5.75 Å². The van der Waals surface area contributed by atoms with Gasteiger partial charge in [-0.2, -0.15) is 0 Å². The highest BCUT2D eigenvalue weighted by atomic mass is 16.5. The molecule has 0 saturated heterocycles. The molecule has 4 unspecified atom stereocenters. The number of hydrogen-bond donors (Lipinski definition) is 1. The molecule has 4 atom stereocenters. The first kappa shape index (κ1) is 14.3. The van der Waals surface area contributed by atoms with Crippen LogP contribution in [0.3, 0.4) is 0 Å². The van der Waals surface area contributed by atoms with Crippen LogP contribution in [0.1, 0.15) is 45.7 Å². The summed E-state index contributed by atoms with van der Waals surface area (Å²) in [6, 6.07) is 4.20. The largest absolute Gasteiger partial charge is 0.489 e. The van der Waals surface area contributed by atoms with Crippen LogP contribution in [0.15, 0.2) is 18.3 Å². The normalized spacial score (nSPS) is 28.9. The lowest BCUT2D eigenvalue weighted by atomic mass is 9.80. The molecule has 19 heavy (non-hydrogen) atoms. The van der Waals surface area contributed by atoms with Gasteiger partial charge in [-0.1, -0.05) is 13.8 Å². The monoisotopic (exact) mass is 262 g/mol. The second-order valence-corrected chi connectivity index (χ2v) is 6.17. The number of hydrogen-bond acceptors (Lipinski definition) is 3. The third-order valence-electron chi connectivity index (χ3n) is 4.18. The molecule has 1 aliphatic rings. The van der Waals surface area contributed by atoms with E-state index in [4.69, 9.17) is 10.5 Å². The fraction of sp³-hybridized carbons (Fsp3) is 0.688. The van der Waals surface area contributed by atoms with E-state index in [1.165, 1.54) is 6.42 Å². The first-order valence-corrected chi connectivity index (χ1v) is 7.41.